The number of carboxylic acid groups (broad SMARTS) is 1. The second kappa shape index (κ2) is 66.4. The molecule has 0 spiro atoms. The van der Waals surface area contributed by atoms with Crippen molar-refractivity contribution in [3.63, 3.8) is 0 Å². The van der Waals surface area contributed by atoms with Crippen molar-refractivity contribution in [3.05, 3.63) is 0 Å². The number of carbonyl (C=O) groups excluding carboxylic acids is 2. The van der Waals surface area contributed by atoms with E-state index in [1.54, 1.807) is 0 Å². The SMILES string of the molecule is CCCCCCCCCCCCSCCCCCCCCCCCCCCCCCCCCCCCCCCCCCCCCCCCCCCCCC(=O)N(C)CCCCCCCCCCC(=O)[O-].[Na+]. The van der Waals surface area contributed by atoms with Crippen molar-refractivity contribution in [2.75, 3.05) is 25.1 Å². The van der Waals surface area contributed by atoms with E-state index in [1.165, 1.54) is 339 Å². The Morgan fingerprint density at radius 3 is 0.732 bits per heavy atom. The van der Waals surface area contributed by atoms with E-state index in [9.17, 15) is 14.7 Å². The molecular weight excluding hydrogens is 898 g/mol. The molecule has 0 N–H and O–H groups in total. The van der Waals surface area contributed by atoms with E-state index in [0.717, 1.165) is 38.6 Å². The Morgan fingerprint density at radius 2 is 0.493 bits per heavy atom. The number of amides is 1. The van der Waals surface area contributed by atoms with Gasteiger partial charge in [-0.15, -0.1) is 0 Å². The van der Waals surface area contributed by atoms with Gasteiger partial charge in [0, 0.05) is 26.0 Å². The van der Waals surface area contributed by atoms with Crippen LogP contribution in [-0.2, 0) is 9.59 Å². The number of carbonyl (C=O) groups is 2. The molecule has 0 aromatic heterocycles. The normalized spacial score (nSPS) is 11.4. The van der Waals surface area contributed by atoms with Gasteiger partial charge in [-0.2, -0.15) is 11.8 Å². The number of aliphatic carboxylic acids is 1. The number of rotatable bonds is 63. The molecule has 0 aliphatic rings. The van der Waals surface area contributed by atoms with Gasteiger partial charge >= 0.3 is 29.6 Å². The average molecular weight is 1030 g/mol. The van der Waals surface area contributed by atoms with Crippen LogP contribution in [0.25, 0.3) is 0 Å². The Morgan fingerprint density at radius 1 is 0.296 bits per heavy atom. The van der Waals surface area contributed by atoms with Gasteiger partial charge in [0.25, 0.3) is 0 Å². The van der Waals surface area contributed by atoms with Gasteiger partial charge in [-0.05, 0) is 50.0 Å². The molecule has 0 saturated heterocycles. The van der Waals surface area contributed by atoms with Gasteiger partial charge in [-0.1, -0.05) is 334 Å². The summed E-state index contributed by atoms with van der Waals surface area (Å²) in [6.45, 7) is 3.19. The number of thioether (sulfide) groups is 1. The third-order valence-corrected chi connectivity index (χ3v) is 16.8. The summed E-state index contributed by atoms with van der Waals surface area (Å²) in [7, 11) is 1.97. The molecule has 0 aromatic rings. The molecule has 0 aliphatic carbocycles. The van der Waals surface area contributed by atoms with E-state index in [4.69, 9.17) is 0 Å². The Hall–Kier alpha value is 0.290. The van der Waals surface area contributed by atoms with E-state index in [1.807, 2.05) is 11.9 Å². The quantitative estimate of drug-likeness (QED) is 0.0450. The third-order valence-electron chi connectivity index (χ3n) is 15.6. The van der Waals surface area contributed by atoms with Gasteiger partial charge in [-0.3, -0.25) is 4.79 Å². The molecule has 6 heteroatoms. The van der Waals surface area contributed by atoms with Gasteiger partial charge in [0.1, 0.15) is 0 Å². The Kier molecular flexibility index (Phi) is 68.6. The monoisotopic (exact) mass is 1030 g/mol. The second-order valence-corrected chi connectivity index (χ2v) is 24.0. The van der Waals surface area contributed by atoms with Crippen molar-refractivity contribution >= 4 is 23.6 Å². The molecule has 1 amide bonds. The van der Waals surface area contributed by atoms with Crippen molar-refractivity contribution < 1.29 is 44.3 Å². The molecular formula is C65H128NNaO3S. The first-order chi connectivity index (χ1) is 34.6. The fourth-order valence-corrected chi connectivity index (χ4v) is 11.7. The predicted octanol–water partition coefficient (Wildman–Crippen LogP) is 18.6. The molecule has 0 saturated carbocycles. The van der Waals surface area contributed by atoms with Crippen molar-refractivity contribution in [1.82, 2.24) is 4.90 Å². The Labute approximate surface area is 474 Å². The first-order valence-corrected chi connectivity index (χ1v) is 33.7. The Bertz CT molecular complexity index is 998. The van der Waals surface area contributed by atoms with Crippen LogP contribution in [0.4, 0.5) is 0 Å². The van der Waals surface area contributed by atoms with Gasteiger partial charge in [0.15, 0.2) is 0 Å². The van der Waals surface area contributed by atoms with Crippen LogP contribution in [0.2, 0.25) is 0 Å². The summed E-state index contributed by atoms with van der Waals surface area (Å²) in [4.78, 5) is 24.8. The van der Waals surface area contributed by atoms with Crippen LogP contribution >= 0.6 is 11.8 Å². The van der Waals surface area contributed by atoms with Crippen LogP contribution in [0.5, 0.6) is 0 Å². The summed E-state index contributed by atoms with van der Waals surface area (Å²) in [6.07, 6.45) is 78.8. The fraction of sp³-hybridized carbons (Fsp3) is 0.969. The van der Waals surface area contributed by atoms with Crippen LogP contribution in [-0.4, -0.2) is 41.9 Å². The zero-order valence-electron chi connectivity index (χ0n) is 49.2. The topological polar surface area (TPSA) is 60.4 Å². The molecule has 0 fully saturated rings. The van der Waals surface area contributed by atoms with Crippen LogP contribution < -0.4 is 34.7 Å². The molecule has 4 nitrogen and oxygen atoms in total. The standard InChI is InChI=1S/C65H129NO3S.Na/c1-3-4-5-6-7-8-42-47-52-57-62-70-63-58-53-48-43-38-36-34-32-30-28-26-24-22-20-18-16-14-12-10-9-11-13-15-17-19-21-23-25-27-29-31-33-35-37-39-44-49-54-59-64(67)66(2)61-56-51-46-41-40-45-50-55-60-65(68)69;/h3-63H2,1-2H3,(H,68,69);/q;+1/p-1. The van der Waals surface area contributed by atoms with E-state index < -0.39 is 5.97 Å². The van der Waals surface area contributed by atoms with Crippen LogP contribution in [0.15, 0.2) is 0 Å². The maximum atomic E-state index is 12.5. The molecule has 0 heterocycles. The molecule has 0 bridgehead atoms. The zero-order chi connectivity index (χ0) is 50.6. The molecule has 418 valence electrons. The van der Waals surface area contributed by atoms with E-state index in [2.05, 4.69) is 18.7 Å². The maximum absolute atomic E-state index is 12.5. The number of unbranched alkanes of at least 4 members (excludes halogenated alkanes) is 53. The Balaban J connectivity index is 0. The number of carboxylic acids is 1. The summed E-state index contributed by atoms with van der Waals surface area (Å²) in [5.74, 6) is 2.20. The number of hydrogen-bond donors (Lipinski definition) is 0. The van der Waals surface area contributed by atoms with Crippen molar-refractivity contribution in [2.45, 2.75) is 379 Å². The van der Waals surface area contributed by atoms with E-state index in [0.29, 0.717) is 12.3 Å². The number of hydrogen-bond acceptors (Lipinski definition) is 4. The third kappa shape index (κ3) is 66.3. The second-order valence-electron chi connectivity index (χ2n) is 22.7. The maximum Gasteiger partial charge on any atom is 1.00 e. The summed E-state index contributed by atoms with van der Waals surface area (Å²) in [6, 6.07) is 0. The summed E-state index contributed by atoms with van der Waals surface area (Å²) < 4.78 is 0. The molecule has 0 radical (unpaired) electrons. The first kappa shape index (κ1) is 73.4. The summed E-state index contributed by atoms with van der Waals surface area (Å²) >= 11 is 2.22. The molecule has 0 aromatic carbocycles. The van der Waals surface area contributed by atoms with Crippen LogP contribution in [0.1, 0.15) is 379 Å². The minimum absolute atomic E-state index is 0. The molecule has 0 aliphatic heterocycles. The predicted molar refractivity (Wildman–Crippen MR) is 313 cm³/mol. The smallest absolute Gasteiger partial charge is 0.550 e. The van der Waals surface area contributed by atoms with Crippen molar-refractivity contribution in [3.8, 4) is 0 Å². The van der Waals surface area contributed by atoms with Gasteiger partial charge in [-0.25, -0.2) is 0 Å². The van der Waals surface area contributed by atoms with Crippen molar-refractivity contribution in [2.24, 2.45) is 0 Å². The van der Waals surface area contributed by atoms with Crippen LogP contribution in [0, 0.1) is 0 Å². The summed E-state index contributed by atoms with van der Waals surface area (Å²) in [5.41, 5.74) is 0. The van der Waals surface area contributed by atoms with E-state index in [-0.39, 0.29) is 36.0 Å². The minimum atomic E-state index is -0.929. The average Bonchev–Trinajstić information content (AvgIpc) is 3.36. The number of nitrogens with zero attached hydrogens (tertiary/aromatic N) is 1. The van der Waals surface area contributed by atoms with Gasteiger partial charge in [0.2, 0.25) is 5.91 Å². The zero-order valence-corrected chi connectivity index (χ0v) is 52.0. The first-order valence-electron chi connectivity index (χ1n) is 32.6. The summed E-state index contributed by atoms with van der Waals surface area (Å²) in [5, 5.41) is 10.4. The molecule has 71 heavy (non-hydrogen) atoms. The largest absolute Gasteiger partial charge is 1.00 e. The van der Waals surface area contributed by atoms with Crippen LogP contribution in [0.3, 0.4) is 0 Å². The fourth-order valence-electron chi connectivity index (χ4n) is 10.6. The van der Waals surface area contributed by atoms with Crippen molar-refractivity contribution in [1.29, 1.82) is 0 Å². The van der Waals surface area contributed by atoms with Gasteiger partial charge < -0.3 is 14.8 Å². The van der Waals surface area contributed by atoms with Gasteiger partial charge in [0.05, 0.1) is 0 Å². The minimum Gasteiger partial charge on any atom is -0.550 e. The molecule has 0 unspecified atom stereocenters. The van der Waals surface area contributed by atoms with E-state index >= 15 is 0 Å². The molecule has 0 atom stereocenters. The molecule has 0 rings (SSSR count).